The second kappa shape index (κ2) is 3.84. The number of carbonyl (C=O) groups excluding carboxylic acids is 1. The molecule has 0 aliphatic heterocycles. The summed E-state index contributed by atoms with van der Waals surface area (Å²) in [4.78, 5) is 15.8. The van der Waals surface area contributed by atoms with Crippen molar-refractivity contribution in [3.63, 3.8) is 0 Å². The van der Waals surface area contributed by atoms with Crippen molar-refractivity contribution in [3.05, 3.63) is 53.1 Å². The minimum absolute atomic E-state index is 0.281. The van der Waals surface area contributed by atoms with Crippen LogP contribution in [0, 0.1) is 0 Å². The van der Waals surface area contributed by atoms with Gasteiger partial charge in [0.1, 0.15) is 5.82 Å². The minimum Gasteiger partial charge on any atom is -0.338 e. The van der Waals surface area contributed by atoms with Crippen LogP contribution in [-0.2, 0) is 19.9 Å². The maximum atomic E-state index is 11.5. The van der Waals surface area contributed by atoms with E-state index in [9.17, 15) is 4.79 Å². The molecular weight excluding hydrogens is 212 g/mol. The smallest absolute Gasteiger partial charge is 0.163 e. The maximum absolute atomic E-state index is 11.5. The SMILES string of the molecule is Cn1ccnc1Cc1ccc2c(c1)CCC2=O. The van der Waals surface area contributed by atoms with Gasteiger partial charge in [0.2, 0.25) is 0 Å². The number of imidazole rings is 1. The number of rotatable bonds is 2. The molecule has 1 aromatic heterocycles. The molecule has 0 amide bonds. The molecule has 86 valence electrons. The second-order valence-electron chi connectivity index (χ2n) is 4.55. The first-order valence-corrected chi connectivity index (χ1v) is 5.85. The van der Waals surface area contributed by atoms with E-state index in [2.05, 4.69) is 11.1 Å². The van der Waals surface area contributed by atoms with Crippen molar-refractivity contribution in [1.29, 1.82) is 0 Å². The number of aryl methyl sites for hydroxylation is 2. The van der Waals surface area contributed by atoms with Crippen molar-refractivity contribution in [3.8, 4) is 0 Å². The van der Waals surface area contributed by atoms with Gasteiger partial charge in [-0.05, 0) is 17.5 Å². The zero-order chi connectivity index (χ0) is 11.8. The van der Waals surface area contributed by atoms with Gasteiger partial charge in [0.25, 0.3) is 0 Å². The van der Waals surface area contributed by atoms with E-state index in [0.29, 0.717) is 6.42 Å². The number of aromatic nitrogens is 2. The van der Waals surface area contributed by atoms with Gasteiger partial charge in [-0.2, -0.15) is 0 Å². The highest BCUT2D eigenvalue weighted by Crippen LogP contribution is 2.23. The Morgan fingerprint density at radius 3 is 3.00 bits per heavy atom. The Bertz CT molecular complexity index is 584. The molecule has 0 spiro atoms. The van der Waals surface area contributed by atoms with Crippen LogP contribution in [0.1, 0.15) is 33.7 Å². The summed E-state index contributed by atoms with van der Waals surface area (Å²) >= 11 is 0. The fraction of sp³-hybridized carbons (Fsp3) is 0.286. The van der Waals surface area contributed by atoms with Gasteiger partial charge in [-0.3, -0.25) is 4.79 Å². The van der Waals surface area contributed by atoms with Gasteiger partial charge < -0.3 is 4.57 Å². The van der Waals surface area contributed by atoms with Gasteiger partial charge in [0.05, 0.1) is 0 Å². The Hall–Kier alpha value is -1.90. The molecule has 3 heteroatoms. The average Bonchev–Trinajstić information content (AvgIpc) is 2.87. The molecule has 0 atom stereocenters. The lowest BCUT2D eigenvalue weighted by Gasteiger charge is -2.04. The van der Waals surface area contributed by atoms with Crippen LogP contribution in [0.3, 0.4) is 0 Å². The van der Waals surface area contributed by atoms with Gasteiger partial charge in [-0.25, -0.2) is 4.98 Å². The summed E-state index contributed by atoms with van der Waals surface area (Å²) in [6.07, 6.45) is 6.15. The molecule has 0 saturated heterocycles. The normalized spacial score (nSPS) is 14.1. The number of ketones is 1. The fourth-order valence-corrected chi connectivity index (χ4v) is 2.37. The molecule has 0 bridgehead atoms. The van der Waals surface area contributed by atoms with Crippen LogP contribution in [-0.4, -0.2) is 15.3 Å². The number of benzene rings is 1. The molecule has 0 saturated carbocycles. The molecule has 0 N–H and O–H groups in total. The van der Waals surface area contributed by atoms with Gasteiger partial charge in [0, 0.05) is 37.8 Å². The van der Waals surface area contributed by atoms with E-state index in [-0.39, 0.29) is 5.78 Å². The summed E-state index contributed by atoms with van der Waals surface area (Å²) in [5, 5.41) is 0. The van der Waals surface area contributed by atoms with Crippen LogP contribution in [0.15, 0.2) is 30.6 Å². The summed E-state index contributed by atoms with van der Waals surface area (Å²) in [5.41, 5.74) is 3.34. The zero-order valence-corrected chi connectivity index (χ0v) is 9.81. The van der Waals surface area contributed by atoms with Crippen molar-refractivity contribution in [2.24, 2.45) is 7.05 Å². The van der Waals surface area contributed by atoms with Crippen molar-refractivity contribution in [2.75, 3.05) is 0 Å². The van der Waals surface area contributed by atoms with Gasteiger partial charge in [0.15, 0.2) is 5.78 Å². The number of fused-ring (bicyclic) bond motifs is 1. The van der Waals surface area contributed by atoms with E-state index in [1.165, 1.54) is 11.1 Å². The van der Waals surface area contributed by atoms with E-state index in [1.807, 2.05) is 36.1 Å². The van der Waals surface area contributed by atoms with Crippen LogP contribution < -0.4 is 0 Å². The molecule has 0 fully saturated rings. The van der Waals surface area contributed by atoms with E-state index >= 15 is 0 Å². The van der Waals surface area contributed by atoms with Crippen LogP contribution in [0.5, 0.6) is 0 Å². The lowest BCUT2D eigenvalue weighted by Crippen LogP contribution is -1.99. The topological polar surface area (TPSA) is 34.9 Å². The Balaban J connectivity index is 1.91. The zero-order valence-electron chi connectivity index (χ0n) is 9.81. The maximum Gasteiger partial charge on any atom is 0.163 e. The van der Waals surface area contributed by atoms with Crippen molar-refractivity contribution < 1.29 is 4.79 Å². The standard InChI is InChI=1S/C14H14N2O/c1-16-7-6-15-14(16)9-10-2-4-12-11(8-10)3-5-13(12)17/h2,4,6-8H,3,5,9H2,1H3. The van der Waals surface area contributed by atoms with Crippen LogP contribution in [0.25, 0.3) is 0 Å². The molecule has 0 unspecified atom stereocenters. The molecule has 2 aromatic rings. The highest BCUT2D eigenvalue weighted by atomic mass is 16.1. The molecule has 1 aromatic carbocycles. The average molecular weight is 226 g/mol. The third-order valence-corrected chi connectivity index (χ3v) is 3.37. The molecule has 1 aliphatic carbocycles. The number of hydrogen-bond acceptors (Lipinski definition) is 2. The molecule has 1 aliphatic rings. The lowest BCUT2D eigenvalue weighted by molar-refractivity contribution is 0.0994. The predicted molar refractivity (Wildman–Crippen MR) is 65.1 cm³/mol. The van der Waals surface area contributed by atoms with Gasteiger partial charge >= 0.3 is 0 Å². The Morgan fingerprint density at radius 1 is 1.35 bits per heavy atom. The number of nitrogens with zero attached hydrogens (tertiary/aromatic N) is 2. The number of hydrogen-bond donors (Lipinski definition) is 0. The largest absolute Gasteiger partial charge is 0.338 e. The quantitative estimate of drug-likeness (QED) is 0.786. The summed E-state index contributed by atoms with van der Waals surface area (Å²) in [5.74, 6) is 1.33. The number of carbonyl (C=O) groups is 1. The molecule has 0 radical (unpaired) electrons. The van der Waals surface area contributed by atoms with Crippen molar-refractivity contribution in [2.45, 2.75) is 19.3 Å². The minimum atomic E-state index is 0.281. The molecule has 17 heavy (non-hydrogen) atoms. The summed E-state index contributed by atoms with van der Waals surface area (Å²) in [6.45, 7) is 0. The van der Waals surface area contributed by atoms with Crippen LogP contribution >= 0.6 is 0 Å². The van der Waals surface area contributed by atoms with Crippen LogP contribution in [0.2, 0.25) is 0 Å². The van der Waals surface area contributed by atoms with Gasteiger partial charge in [-0.15, -0.1) is 0 Å². The summed E-state index contributed by atoms with van der Waals surface area (Å²) in [7, 11) is 2.00. The number of Topliss-reactive ketones (excluding diaryl/α,β-unsaturated/α-hetero) is 1. The van der Waals surface area contributed by atoms with Crippen LogP contribution in [0.4, 0.5) is 0 Å². The monoisotopic (exact) mass is 226 g/mol. The van der Waals surface area contributed by atoms with Crippen molar-refractivity contribution in [1.82, 2.24) is 9.55 Å². The van der Waals surface area contributed by atoms with E-state index in [0.717, 1.165) is 24.2 Å². The third kappa shape index (κ3) is 1.78. The lowest BCUT2D eigenvalue weighted by atomic mass is 10.0. The first kappa shape index (κ1) is 10.3. The van der Waals surface area contributed by atoms with Crippen molar-refractivity contribution >= 4 is 5.78 Å². The van der Waals surface area contributed by atoms with Gasteiger partial charge in [-0.1, -0.05) is 18.2 Å². The first-order chi connectivity index (χ1) is 8.24. The summed E-state index contributed by atoms with van der Waals surface area (Å²) < 4.78 is 2.03. The predicted octanol–water partition coefficient (Wildman–Crippen LogP) is 2.14. The Labute approximate surface area is 100 Å². The second-order valence-corrected chi connectivity index (χ2v) is 4.55. The third-order valence-electron chi connectivity index (χ3n) is 3.37. The summed E-state index contributed by atoms with van der Waals surface area (Å²) in [6, 6.07) is 6.15. The van der Waals surface area contributed by atoms with E-state index in [1.54, 1.807) is 0 Å². The highest BCUT2D eigenvalue weighted by molar-refractivity contribution is 6.00. The van der Waals surface area contributed by atoms with E-state index < -0.39 is 0 Å². The fourth-order valence-electron chi connectivity index (χ4n) is 2.37. The first-order valence-electron chi connectivity index (χ1n) is 5.85. The molecule has 1 heterocycles. The highest BCUT2D eigenvalue weighted by Gasteiger charge is 2.19. The Morgan fingerprint density at radius 2 is 2.24 bits per heavy atom. The molecule has 3 rings (SSSR count). The molecule has 3 nitrogen and oxygen atoms in total. The van der Waals surface area contributed by atoms with E-state index in [4.69, 9.17) is 0 Å². The Kier molecular flexibility index (Phi) is 2.32. The molecular formula is C14H14N2O.